The highest BCUT2D eigenvalue weighted by atomic mass is 14.9. The molecule has 0 saturated heterocycles. The predicted molar refractivity (Wildman–Crippen MR) is 68.6 cm³/mol. The van der Waals surface area contributed by atoms with Crippen molar-refractivity contribution in [3.8, 4) is 0 Å². The molecule has 0 radical (unpaired) electrons. The van der Waals surface area contributed by atoms with E-state index in [2.05, 4.69) is 42.0 Å². The number of aryl methyl sites for hydroxylation is 2. The summed E-state index contributed by atoms with van der Waals surface area (Å²) in [5.41, 5.74) is 10.3. The molecule has 1 aromatic heterocycles. The summed E-state index contributed by atoms with van der Waals surface area (Å²) in [4.78, 5) is 8.69. The second-order valence-electron chi connectivity index (χ2n) is 4.34. The van der Waals surface area contributed by atoms with E-state index in [4.69, 9.17) is 5.73 Å². The first-order valence-electron chi connectivity index (χ1n) is 5.75. The molecule has 0 aliphatic rings. The molecule has 0 unspecified atom stereocenters. The zero-order valence-electron chi connectivity index (χ0n) is 10.3. The molecule has 3 heteroatoms. The van der Waals surface area contributed by atoms with Gasteiger partial charge in [-0.1, -0.05) is 29.3 Å². The largest absolute Gasteiger partial charge is 0.325 e. The zero-order valence-corrected chi connectivity index (χ0v) is 10.3. The van der Waals surface area contributed by atoms with Gasteiger partial charge in [-0.25, -0.2) is 9.97 Å². The summed E-state index contributed by atoms with van der Waals surface area (Å²) in [5.74, 6) is 0.831. The van der Waals surface area contributed by atoms with Gasteiger partial charge in [-0.05, 0) is 25.5 Å². The molecular weight excluding hydrogens is 210 g/mol. The quantitative estimate of drug-likeness (QED) is 0.874. The smallest absolute Gasteiger partial charge is 0.132 e. The van der Waals surface area contributed by atoms with Crippen LogP contribution in [0, 0.1) is 13.8 Å². The molecule has 2 N–H and O–H groups in total. The first-order valence-corrected chi connectivity index (χ1v) is 5.75. The Kier molecular flexibility index (Phi) is 3.49. The molecule has 0 atom stereocenters. The Hall–Kier alpha value is -1.74. The van der Waals surface area contributed by atoms with Gasteiger partial charge in [0.2, 0.25) is 0 Å². The third kappa shape index (κ3) is 3.11. The van der Waals surface area contributed by atoms with Crippen molar-refractivity contribution in [3.63, 3.8) is 0 Å². The van der Waals surface area contributed by atoms with E-state index in [1.165, 1.54) is 16.7 Å². The van der Waals surface area contributed by atoms with Gasteiger partial charge in [0.05, 0.1) is 5.69 Å². The molecule has 2 aromatic rings. The van der Waals surface area contributed by atoms with Crippen LogP contribution in [0.2, 0.25) is 0 Å². The molecule has 0 fully saturated rings. The highest BCUT2D eigenvalue weighted by Gasteiger charge is 2.02. The highest BCUT2D eigenvalue weighted by Crippen LogP contribution is 2.11. The molecule has 0 aliphatic heterocycles. The average molecular weight is 227 g/mol. The van der Waals surface area contributed by atoms with E-state index >= 15 is 0 Å². The second kappa shape index (κ2) is 5.06. The van der Waals surface area contributed by atoms with Crippen molar-refractivity contribution >= 4 is 0 Å². The summed E-state index contributed by atoms with van der Waals surface area (Å²) in [7, 11) is 0. The Morgan fingerprint density at radius 1 is 1.12 bits per heavy atom. The highest BCUT2D eigenvalue weighted by molar-refractivity contribution is 5.30. The fourth-order valence-corrected chi connectivity index (χ4v) is 1.99. The molecular formula is C14H17N3. The van der Waals surface area contributed by atoms with Crippen LogP contribution < -0.4 is 5.73 Å². The normalized spacial score (nSPS) is 10.5. The lowest BCUT2D eigenvalue weighted by Gasteiger charge is -2.05. The van der Waals surface area contributed by atoms with Gasteiger partial charge in [-0.2, -0.15) is 0 Å². The number of aromatic nitrogens is 2. The molecule has 2 rings (SSSR count). The number of rotatable bonds is 3. The van der Waals surface area contributed by atoms with Gasteiger partial charge < -0.3 is 5.73 Å². The maximum Gasteiger partial charge on any atom is 0.132 e. The molecule has 0 saturated carbocycles. The Morgan fingerprint density at radius 3 is 2.47 bits per heavy atom. The third-order valence-electron chi connectivity index (χ3n) is 2.62. The minimum atomic E-state index is 0.461. The minimum absolute atomic E-state index is 0.461. The summed E-state index contributed by atoms with van der Waals surface area (Å²) in [5, 5.41) is 0. The minimum Gasteiger partial charge on any atom is -0.325 e. The van der Waals surface area contributed by atoms with Crippen molar-refractivity contribution in [2.45, 2.75) is 26.8 Å². The van der Waals surface area contributed by atoms with Crippen LogP contribution in [-0.4, -0.2) is 9.97 Å². The standard InChI is InChI=1S/C14H17N3/c1-10-5-11(2)7-12(6-10)8-14-16-4-3-13(9-15)17-14/h3-7H,8-9,15H2,1-2H3. The molecule has 0 spiro atoms. The van der Waals surface area contributed by atoms with Gasteiger partial charge in [0.15, 0.2) is 0 Å². The predicted octanol–water partition coefficient (Wildman–Crippen LogP) is 2.14. The lowest BCUT2D eigenvalue weighted by atomic mass is 10.0. The van der Waals surface area contributed by atoms with E-state index in [-0.39, 0.29) is 0 Å². The van der Waals surface area contributed by atoms with Gasteiger partial charge in [-0.3, -0.25) is 0 Å². The van der Waals surface area contributed by atoms with E-state index in [1.807, 2.05) is 6.07 Å². The topological polar surface area (TPSA) is 51.8 Å². The summed E-state index contributed by atoms with van der Waals surface area (Å²) in [6.07, 6.45) is 2.53. The molecule has 3 nitrogen and oxygen atoms in total. The number of nitrogens with zero attached hydrogens (tertiary/aromatic N) is 2. The van der Waals surface area contributed by atoms with E-state index in [0.717, 1.165) is 17.9 Å². The van der Waals surface area contributed by atoms with Crippen molar-refractivity contribution in [2.75, 3.05) is 0 Å². The van der Waals surface area contributed by atoms with Crippen molar-refractivity contribution in [2.24, 2.45) is 5.73 Å². The van der Waals surface area contributed by atoms with Crippen LogP contribution in [0.15, 0.2) is 30.5 Å². The van der Waals surface area contributed by atoms with Gasteiger partial charge in [-0.15, -0.1) is 0 Å². The van der Waals surface area contributed by atoms with E-state index < -0.39 is 0 Å². The van der Waals surface area contributed by atoms with E-state index in [9.17, 15) is 0 Å². The van der Waals surface area contributed by atoms with E-state index in [1.54, 1.807) is 6.20 Å². The van der Waals surface area contributed by atoms with Gasteiger partial charge in [0.25, 0.3) is 0 Å². The van der Waals surface area contributed by atoms with Crippen molar-refractivity contribution in [1.29, 1.82) is 0 Å². The maximum absolute atomic E-state index is 5.57. The Morgan fingerprint density at radius 2 is 1.82 bits per heavy atom. The average Bonchev–Trinajstić information content (AvgIpc) is 2.28. The maximum atomic E-state index is 5.57. The summed E-state index contributed by atoms with van der Waals surface area (Å²) in [6, 6.07) is 8.36. The molecule has 0 amide bonds. The fraction of sp³-hybridized carbons (Fsp3) is 0.286. The number of nitrogens with two attached hydrogens (primary N) is 1. The Balaban J connectivity index is 2.24. The van der Waals surface area contributed by atoms with Crippen LogP contribution in [0.25, 0.3) is 0 Å². The first kappa shape index (κ1) is 11.7. The monoisotopic (exact) mass is 227 g/mol. The van der Waals surface area contributed by atoms with Crippen molar-refractivity contribution in [1.82, 2.24) is 9.97 Å². The SMILES string of the molecule is Cc1cc(C)cc(Cc2nccc(CN)n2)c1. The molecule has 0 bridgehead atoms. The number of benzene rings is 1. The van der Waals surface area contributed by atoms with Crippen LogP contribution >= 0.6 is 0 Å². The van der Waals surface area contributed by atoms with Crippen LogP contribution in [0.5, 0.6) is 0 Å². The first-order chi connectivity index (χ1) is 8.17. The Bertz CT molecular complexity index is 500. The summed E-state index contributed by atoms with van der Waals surface area (Å²) >= 11 is 0. The van der Waals surface area contributed by atoms with Gasteiger partial charge >= 0.3 is 0 Å². The van der Waals surface area contributed by atoms with Crippen LogP contribution in [0.4, 0.5) is 0 Å². The third-order valence-corrected chi connectivity index (χ3v) is 2.62. The zero-order chi connectivity index (χ0) is 12.3. The number of hydrogen-bond acceptors (Lipinski definition) is 3. The summed E-state index contributed by atoms with van der Waals surface area (Å²) in [6.45, 7) is 4.67. The fourth-order valence-electron chi connectivity index (χ4n) is 1.99. The molecule has 1 heterocycles. The molecule has 1 aromatic carbocycles. The van der Waals surface area contributed by atoms with Crippen LogP contribution in [0.3, 0.4) is 0 Å². The van der Waals surface area contributed by atoms with E-state index in [0.29, 0.717) is 6.54 Å². The van der Waals surface area contributed by atoms with Crippen molar-refractivity contribution in [3.05, 3.63) is 58.7 Å². The van der Waals surface area contributed by atoms with Gasteiger partial charge in [0, 0.05) is 19.2 Å². The number of hydrogen-bond donors (Lipinski definition) is 1. The molecule has 17 heavy (non-hydrogen) atoms. The molecule has 88 valence electrons. The van der Waals surface area contributed by atoms with Crippen molar-refractivity contribution < 1.29 is 0 Å². The Labute approximate surface area is 102 Å². The second-order valence-corrected chi connectivity index (χ2v) is 4.34. The van der Waals surface area contributed by atoms with Crippen LogP contribution in [-0.2, 0) is 13.0 Å². The van der Waals surface area contributed by atoms with Gasteiger partial charge in [0.1, 0.15) is 5.82 Å². The lowest BCUT2D eigenvalue weighted by Crippen LogP contribution is -2.04. The molecule has 0 aliphatic carbocycles. The van der Waals surface area contributed by atoms with Crippen LogP contribution in [0.1, 0.15) is 28.2 Å². The lowest BCUT2D eigenvalue weighted by molar-refractivity contribution is 0.890. The summed E-state index contributed by atoms with van der Waals surface area (Å²) < 4.78 is 0.